The number of rotatable bonds is 5. The fourth-order valence-corrected chi connectivity index (χ4v) is 1.99. The van der Waals surface area contributed by atoms with E-state index >= 15 is 0 Å². The molecule has 0 bridgehead atoms. The molecule has 0 aliphatic rings. The van der Waals surface area contributed by atoms with E-state index in [1.807, 2.05) is 17.7 Å². The summed E-state index contributed by atoms with van der Waals surface area (Å²) in [5, 5.41) is 4.14. The summed E-state index contributed by atoms with van der Waals surface area (Å²) < 4.78 is 7.25. The minimum Gasteiger partial charge on any atom is -0.469 e. The quantitative estimate of drug-likeness (QED) is 0.854. The number of aromatic nitrogens is 3. The van der Waals surface area contributed by atoms with Gasteiger partial charge >= 0.3 is 0 Å². The fourth-order valence-electron chi connectivity index (χ4n) is 1.99. The molecule has 92 valence electrons. The van der Waals surface area contributed by atoms with Crippen molar-refractivity contribution in [2.75, 3.05) is 0 Å². The van der Waals surface area contributed by atoms with Crippen LogP contribution in [-0.2, 0) is 19.4 Å². The molecule has 0 aliphatic heterocycles. The molecule has 0 aromatic carbocycles. The molecule has 2 aromatic heterocycles. The molecule has 0 radical (unpaired) electrons. The summed E-state index contributed by atoms with van der Waals surface area (Å²) in [7, 11) is 0. The van der Waals surface area contributed by atoms with Gasteiger partial charge in [-0.05, 0) is 13.0 Å². The predicted octanol–water partition coefficient (Wildman–Crippen LogP) is 1.70. The van der Waals surface area contributed by atoms with Gasteiger partial charge < -0.3 is 10.2 Å². The van der Waals surface area contributed by atoms with Crippen molar-refractivity contribution >= 4 is 0 Å². The highest BCUT2D eigenvalue weighted by Gasteiger charge is 2.16. The first kappa shape index (κ1) is 11.9. The topological polar surface area (TPSA) is 69.9 Å². The zero-order chi connectivity index (χ0) is 12.3. The van der Waals surface area contributed by atoms with E-state index in [1.54, 1.807) is 12.6 Å². The van der Waals surface area contributed by atoms with E-state index in [0.29, 0.717) is 6.42 Å². The van der Waals surface area contributed by atoms with Crippen LogP contribution in [0, 0.1) is 0 Å². The molecule has 0 aliphatic carbocycles. The van der Waals surface area contributed by atoms with Crippen LogP contribution in [0.2, 0.25) is 0 Å². The van der Waals surface area contributed by atoms with Gasteiger partial charge in [-0.2, -0.15) is 5.10 Å². The third-order valence-corrected chi connectivity index (χ3v) is 2.90. The number of aryl methyl sites for hydroxylation is 2. The Kier molecular flexibility index (Phi) is 3.58. The van der Waals surface area contributed by atoms with Gasteiger partial charge in [0.15, 0.2) is 0 Å². The Labute approximate surface area is 101 Å². The number of nitrogens with two attached hydrogens (primary N) is 1. The second-order valence-corrected chi connectivity index (χ2v) is 3.96. The smallest absolute Gasteiger partial charge is 0.138 e. The minimum absolute atomic E-state index is 0.0850. The van der Waals surface area contributed by atoms with Crippen LogP contribution in [0.25, 0.3) is 0 Å². The second-order valence-electron chi connectivity index (χ2n) is 3.96. The summed E-state index contributed by atoms with van der Waals surface area (Å²) in [6, 6.07) is 1.86. The Morgan fingerprint density at radius 2 is 2.29 bits per heavy atom. The zero-order valence-corrected chi connectivity index (χ0v) is 10.3. The van der Waals surface area contributed by atoms with Gasteiger partial charge in [0.05, 0.1) is 6.26 Å². The summed E-state index contributed by atoms with van der Waals surface area (Å²) in [5.41, 5.74) is 7.26. The van der Waals surface area contributed by atoms with Gasteiger partial charge in [-0.25, -0.2) is 4.98 Å². The lowest BCUT2D eigenvalue weighted by atomic mass is 10.0. The average Bonchev–Trinajstić information content (AvgIpc) is 2.96. The van der Waals surface area contributed by atoms with Crippen molar-refractivity contribution in [3.8, 4) is 0 Å². The fraction of sp³-hybridized carbons (Fsp3) is 0.500. The van der Waals surface area contributed by atoms with Crippen molar-refractivity contribution in [2.45, 2.75) is 39.3 Å². The zero-order valence-electron chi connectivity index (χ0n) is 10.3. The molecule has 0 saturated heterocycles. The monoisotopic (exact) mass is 234 g/mol. The van der Waals surface area contributed by atoms with E-state index in [-0.39, 0.29) is 6.04 Å². The molecular formula is C12H18N4O. The van der Waals surface area contributed by atoms with Crippen LogP contribution < -0.4 is 5.73 Å². The van der Waals surface area contributed by atoms with Crippen LogP contribution in [-0.4, -0.2) is 14.8 Å². The molecule has 0 spiro atoms. The number of nitrogens with zero attached hydrogens (tertiary/aromatic N) is 3. The molecule has 17 heavy (non-hydrogen) atoms. The Hall–Kier alpha value is -1.62. The van der Waals surface area contributed by atoms with E-state index in [2.05, 4.69) is 17.0 Å². The van der Waals surface area contributed by atoms with E-state index < -0.39 is 0 Å². The maximum atomic E-state index is 6.19. The lowest BCUT2D eigenvalue weighted by Gasteiger charge is -2.11. The molecule has 2 heterocycles. The maximum absolute atomic E-state index is 6.19. The Bertz CT molecular complexity index is 474. The van der Waals surface area contributed by atoms with Crippen LogP contribution in [0.3, 0.4) is 0 Å². The molecule has 0 amide bonds. The summed E-state index contributed by atoms with van der Waals surface area (Å²) in [4.78, 5) is 4.23. The Morgan fingerprint density at radius 1 is 1.47 bits per heavy atom. The SMILES string of the molecule is CCc1occc1C(N)Cc1ncnn1CC. The van der Waals surface area contributed by atoms with Crippen molar-refractivity contribution in [3.63, 3.8) is 0 Å². The molecule has 2 rings (SSSR count). The number of hydrogen-bond acceptors (Lipinski definition) is 4. The lowest BCUT2D eigenvalue weighted by Crippen LogP contribution is -2.17. The van der Waals surface area contributed by atoms with Gasteiger partial charge in [0.2, 0.25) is 0 Å². The molecule has 5 heteroatoms. The van der Waals surface area contributed by atoms with Crippen molar-refractivity contribution in [3.05, 3.63) is 35.8 Å². The van der Waals surface area contributed by atoms with Gasteiger partial charge in [-0.15, -0.1) is 0 Å². The lowest BCUT2D eigenvalue weighted by molar-refractivity contribution is 0.502. The van der Waals surface area contributed by atoms with Crippen molar-refractivity contribution in [1.29, 1.82) is 0 Å². The first-order valence-electron chi connectivity index (χ1n) is 5.94. The summed E-state index contributed by atoms with van der Waals surface area (Å²) in [6.07, 6.45) is 4.80. The van der Waals surface area contributed by atoms with Crippen molar-refractivity contribution in [1.82, 2.24) is 14.8 Å². The summed E-state index contributed by atoms with van der Waals surface area (Å²) in [5.74, 6) is 1.88. The molecule has 2 N–H and O–H groups in total. The van der Waals surface area contributed by atoms with Crippen molar-refractivity contribution in [2.24, 2.45) is 5.73 Å². The standard InChI is InChI=1S/C12H18N4O/c1-3-11-9(5-6-17-11)10(13)7-12-14-8-15-16(12)4-2/h5-6,8,10H,3-4,7,13H2,1-2H3. The summed E-state index contributed by atoms with van der Waals surface area (Å²) in [6.45, 7) is 4.91. The van der Waals surface area contributed by atoms with Crippen LogP contribution in [0.5, 0.6) is 0 Å². The third-order valence-electron chi connectivity index (χ3n) is 2.90. The van der Waals surface area contributed by atoms with Crippen LogP contribution >= 0.6 is 0 Å². The number of hydrogen-bond donors (Lipinski definition) is 1. The molecule has 5 nitrogen and oxygen atoms in total. The molecule has 1 unspecified atom stereocenters. The normalized spacial score (nSPS) is 12.9. The van der Waals surface area contributed by atoms with E-state index in [9.17, 15) is 0 Å². The van der Waals surface area contributed by atoms with E-state index in [0.717, 1.165) is 30.1 Å². The average molecular weight is 234 g/mol. The van der Waals surface area contributed by atoms with Crippen LogP contribution in [0.4, 0.5) is 0 Å². The van der Waals surface area contributed by atoms with E-state index in [1.165, 1.54) is 0 Å². The van der Waals surface area contributed by atoms with Gasteiger partial charge in [0.25, 0.3) is 0 Å². The Balaban J connectivity index is 2.14. The molecule has 0 fully saturated rings. The molecule has 1 atom stereocenters. The van der Waals surface area contributed by atoms with Gasteiger partial charge in [-0.3, -0.25) is 4.68 Å². The van der Waals surface area contributed by atoms with Gasteiger partial charge in [0, 0.05) is 31.0 Å². The molecule has 2 aromatic rings. The first-order chi connectivity index (χ1) is 8.26. The Morgan fingerprint density at radius 3 is 3.00 bits per heavy atom. The van der Waals surface area contributed by atoms with Gasteiger partial charge in [-0.1, -0.05) is 6.92 Å². The van der Waals surface area contributed by atoms with Crippen LogP contribution in [0.15, 0.2) is 23.1 Å². The van der Waals surface area contributed by atoms with Gasteiger partial charge in [0.1, 0.15) is 17.9 Å². The number of furan rings is 1. The minimum atomic E-state index is -0.0850. The highest BCUT2D eigenvalue weighted by Crippen LogP contribution is 2.20. The first-order valence-corrected chi connectivity index (χ1v) is 5.94. The third kappa shape index (κ3) is 2.39. The maximum Gasteiger partial charge on any atom is 0.138 e. The van der Waals surface area contributed by atoms with E-state index in [4.69, 9.17) is 10.2 Å². The molecular weight excluding hydrogens is 216 g/mol. The summed E-state index contributed by atoms with van der Waals surface area (Å²) >= 11 is 0. The largest absolute Gasteiger partial charge is 0.469 e. The van der Waals surface area contributed by atoms with Crippen molar-refractivity contribution < 1.29 is 4.42 Å². The highest BCUT2D eigenvalue weighted by molar-refractivity contribution is 5.22. The van der Waals surface area contributed by atoms with Crippen LogP contribution in [0.1, 0.15) is 37.0 Å². The second kappa shape index (κ2) is 5.14. The predicted molar refractivity (Wildman–Crippen MR) is 64.4 cm³/mol. The highest BCUT2D eigenvalue weighted by atomic mass is 16.3. The molecule has 0 saturated carbocycles.